The monoisotopic (exact) mass is 634 g/mol. The molecule has 1 saturated heterocycles. The van der Waals surface area contributed by atoms with Gasteiger partial charge in [0.1, 0.15) is 6.10 Å². The van der Waals surface area contributed by atoms with E-state index < -0.39 is 41.6 Å². The first-order chi connectivity index (χ1) is 20.9. The normalized spacial score (nSPS) is 47.8. The Labute approximate surface area is 269 Å². The Morgan fingerprint density at radius 2 is 1.71 bits per heavy atom. The van der Waals surface area contributed by atoms with Crippen LogP contribution in [0.15, 0.2) is 0 Å². The molecule has 2 spiro atoms. The maximum atomic E-state index is 14.9. The molecule has 1 heterocycles. The lowest BCUT2D eigenvalue weighted by Gasteiger charge is -2.62. The third-order valence-electron chi connectivity index (χ3n) is 14.7. The van der Waals surface area contributed by atoms with Gasteiger partial charge >= 0.3 is 5.97 Å². The van der Waals surface area contributed by atoms with Crippen molar-refractivity contribution in [3.05, 3.63) is 0 Å². The lowest BCUT2D eigenvalue weighted by molar-refractivity contribution is -0.241. The molecule has 5 saturated carbocycles. The van der Waals surface area contributed by atoms with Gasteiger partial charge in [0.05, 0.1) is 37.6 Å². The summed E-state index contributed by atoms with van der Waals surface area (Å²) in [5.74, 6) is 0.776. The number of Topliss-reactive ketones (excluding diaryl/α,β-unsaturated/α-hetero) is 1. The molecular weight excluding hydrogens is 576 g/mol. The van der Waals surface area contributed by atoms with Crippen molar-refractivity contribution in [3.63, 3.8) is 0 Å². The zero-order chi connectivity index (χ0) is 33.0. The fraction of sp³-hybridized carbons (Fsp3) is 0.944. The number of aliphatic hydroxyl groups excluding tert-OH is 2. The number of ether oxygens (including phenoxy) is 4. The van der Waals surface area contributed by atoms with Gasteiger partial charge in [0.2, 0.25) is 0 Å². The van der Waals surface area contributed by atoms with Gasteiger partial charge in [0, 0.05) is 18.3 Å². The fourth-order valence-electron chi connectivity index (χ4n) is 12.8. The Kier molecular flexibility index (Phi) is 8.23. The second-order valence-electron chi connectivity index (χ2n) is 17.4. The molecule has 0 aromatic carbocycles. The van der Waals surface area contributed by atoms with Crippen LogP contribution >= 0.6 is 0 Å². The highest BCUT2D eigenvalue weighted by Crippen LogP contribution is 2.89. The van der Waals surface area contributed by atoms with Crippen LogP contribution in [0.4, 0.5) is 0 Å². The van der Waals surface area contributed by atoms with Crippen LogP contribution in [0.5, 0.6) is 0 Å². The van der Waals surface area contributed by atoms with Gasteiger partial charge in [0.15, 0.2) is 18.2 Å². The molecule has 0 unspecified atom stereocenters. The van der Waals surface area contributed by atoms with Gasteiger partial charge in [-0.25, -0.2) is 0 Å². The predicted molar refractivity (Wildman–Crippen MR) is 166 cm³/mol. The Balaban J connectivity index is 1.27. The van der Waals surface area contributed by atoms with Gasteiger partial charge in [-0.2, -0.15) is 0 Å². The van der Waals surface area contributed by atoms with Crippen molar-refractivity contribution < 1.29 is 43.9 Å². The van der Waals surface area contributed by atoms with E-state index in [0.29, 0.717) is 12.3 Å². The van der Waals surface area contributed by atoms with Crippen LogP contribution < -0.4 is 0 Å². The molecule has 6 rings (SSSR count). The molecule has 0 radical (unpaired) electrons. The zero-order valence-electron chi connectivity index (χ0n) is 28.8. The maximum absolute atomic E-state index is 14.9. The number of fused-ring (bicyclic) bond motifs is 4. The second-order valence-corrected chi connectivity index (χ2v) is 17.4. The first-order valence-electron chi connectivity index (χ1n) is 17.5. The van der Waals surface area contributed by atoms with Gasteiger partial charge in [-0.1, -0.05) is 34.6 Å². The van der Waals surface area contributed by atoms with Crippen molar-refractivity contribution in [2.75, 3.05) is 19.8 Å². The third-order valence-corrected chi connectivity index (χ3v) is 14.7. The second kappa shape index (κ2) is 11.0. The molecule has 0 aromatic rings. The summed E-state index contributed by atoms with van der Waals surface area (Å²) in [4.78, 5) is 26.9. The summed E-state index contributed by atoms with van der Waals surface area (Å²) in [7, 11) is 0. The summed E-state index contributed by atoms with van der Waals surface area (Å²) in [5, 5.41) is 30.1. The number of carbonyl (C=O) groups is 2. The molecule has 9 nitrogen and oxygen atoms in total. The van der Waals surface area contributed by atoms with Crippen LogP contribution in [0.1, 0.15) is 107 Å². The standard InChI is InChI=1S/C36H58O9/c1-20-17-22(30(32(5,6)41)43-21(2)39)44-28-27(20)33(7)13-14-36-19-35(36)12-11-25(45-26(18-38)42-16-15-37)31(3,4)23(35)9-10-24(36)34(33,8)29(28)40/h20,22-28,30,37-38,41H,9-19H2,1-8H3/t20-,22-,23+,24+,25+,26+,27+,28+,30+,33-,34-,35-,36+/m1/s1. The van der Waals surface area contributed by atoms with Crippen molar-refractivity contribution in [1.29, 1.82) is 0 Å². The van der Waals surface area contributed by atoms with Crippen molar-refractivity contribution in [3.8, 4) is 0 Å². The highest BCUT2D eigenvalue weighted by atomic mass is 16.7. The minimum absolute atomic E-state index is 0.0503. The van der Waals surface area contributed by atoms with Gasteiger partial charge < -0.3 is 34.3 Å². The van der Waals surface area contributed by atoms with E-state index in [2.05, 4.69) is 34.6 Å². The molecule has 9 heteroatoms. The number of esters is 1. The summed E-state index contributed by atoms with van der Waals surface area (Å²) in [5.41, 5.74) is -1.80. The zero-order valence-corrected chi connectivity index (χ0v) is 28.8. The van der Waals surface area contributed by atoms with Gasteiger partial charge in [-0.3, -0.25) is 9.59 Å². The molecule has 6 aliphatic rings. The Bertz CT molecular complexity index is 1180. The highest BCUT2D eigenvalue weighted by Gasteiger charge is 2.85. The van der Waals surface area contributed by atoms with E-state index in [0.717, 1.165) is 44.9 Å². The molecule has 256 valence electrons. The van der Waals surface area contributed by atoms with Crippen LogP contribution in [0.3, 0.4) is 0 Å². The molecular formula is C36H58O9. The molecule has 45 heavy (non-hydrogen) atoms. The summed E-state index contributed by atoms with van der Waals surface area (Å²) in [6.07, 6.45) is 5.18. The molecule has 1 aliphatic heterocycles. The van der Waals surface area contributed by atoms with Crippen LogP contribution in [0, 0.1) is 50.7 Å². The molecule has 13 atom stereocenters. The SMILES string of the molecule is CC(=O)O[C@@H]([C@H]1C[C@@H](C)[C@H]2[C@H](O1)C(=O)[C@@]1(C)[C@@H]3CC[C@H]4C(C)(C)[C@@H](O[C@@H](CO)OCCO)CC[C@@]45C[C@@]35CC[C@]21C)C(C)(C)O. The maximum Gasteiger partial charge on any atom is 0.303 e. The Morgan fingerprint density at radius 3 is 2.33 bits per heavy atom. The van der Waals surface area contributed by atoms with Crippen LogP contribution in [-0.2, 0) is 28.5 Å². The molecule has 5 aliphatic carbocycles. The van der Waals surface area contributed by atoms with Gasteiger partial charge in [-0.05, 0) is 105 Å². The molecule has 0 aromatic heterocycles. The topological polar surface area (TPSA) is 132 Å². The quantitative estimate of drug-likeness (QED) is 0.249. The summed E-state index contributed by atoms with van der Waals surface area (Å²) in [6.45, 7) is 15.9. The van der Waals surface area contributed by atoms with Crippen LogP contribution in [0.25, 0.3) is 0 Å². The summed E-state index contributed by atoms with van der Waals surface area (Å²) < 4.78 is 24.3. The van der Waals surface area contributed by atoms with Crippen molar-refractivity contribution in [1.82, 2.24) is 0 Å². The van der Waals surface area contributed by atoms with E-state index in [1.54, 1.807) is 13.8 Å². The highest BCUT2D eigenvalue weighted by molar-refractivity contribution is 5.93. The Hall–Kier alpha value is -1.10. The third kappa shape index (κ3) is 4.60. The van der Waals surface area contributed by atoms with E-state index in [1.165, 1.54) is 6.92 Å². The number of carbonyl (C=O) groups excluding carboxylic acids is 2. The van der Waals surface area contributed by atoms with Gasteiger partial charge in [-0.15, -0.1) is 0 Å². The molecule has 3 N–H and O–H groups in total. The summed E-state index contributed by atoms with van der Waals surface area (Å²) >= 11 is 0. The number of hydrogen-bond donors (Lipinski definition) is 3. The van der Waals surface area contributed by atoms with Crippen LogP contribution in [0.2, 0.25) is 0 Å². The average Bonchev–Trinajstić information content (AvgIpc) is 3.59. The van der Waals surface area contributed by atoms with E-state index >= 15 is 0 Å². The summed E-state index contributed by atoms with van der Waals surface area (Å²) in [6, 6.07) is 0. The largest absolute Gasteiger partial charge is 0.457 e. The van der Waals surface area contributed by atoms with E-state index in [9.17, 15) is 24.9 Å². The van der Waals surface area contributed by atoms with E-state index in [-0.39, 0.29) is 71.1 Å². The number of rotatable bonds is 9. The van der Waals surface area contributed by atoms with E-state index in [1.807, 2.05) is 0 Å². The van der Waals surface area contributed by atoms with Crippen molar-refractivity contribution >= 4 is 11.8 Å². The smallest absolute Gasteiger partial charge is 0.303 e. The average molecular weight is 635 g/mol. The van der Waals surface area contributed by atoms with E-state index in [4.69, 9.17) is 18.9 Å². The Morgan fingerprint density at radius 1 is 1.04 bits per heavy atom. The minimum Gasteiger partial charge on any atom is -0.457 e. The number of aliphatic hydroxyl groups is 3. The number of ketones is 1. The first kappa shape index (κ1) is 33.8. The number of hydrogen-bond acceptors (Lipinski definition) is 9. The fourth-order valence-corrected chi connectivity index (χ4v) is 12.8. The lowest BCUT2D eigenvalue weighted by atomic mass is 9.41. The van der Waals surface area contributed by atoms with Crippen LogP contribution in [-0.4, -0.2) is 83.2 Å². The molecule has 6 fully saturated rings. The minimum atomic E-state index is -1.30. The van der Waals surface area contributed by atoms with Crippen molar-refractivity contribution in [2.45, 2.75) is 143 Å². The predicted octanol–water partition coefficient (Wildman–Crippen LogP) is 4.42. The first-order valence-corrected chi connectivity index (χ1v) is 17.5. The molecule has 0 amide bonds. The van der Waals surface area contributed by atoms with Crippen molar-refractivity contribution in [2.24, 2.45) is 50.7 Å². The molecule has 0 bridgehead atoms. The van der Waals surface area contributed by atoms with Gasteiger partial charge in [0.25, 0.3) is 0 Å². The lowest BCUT2D eigenvalue weighted by Crippen LogP contribution is -2.59.